The molecule has 20 heavy (non-hydrogen) atoms. The first-order valence-electron chi connectivity index (χ1n) is 5.80. The lowest BCUT2D eigenvalue weighted by Gasteiger charge is -2.31. The van der Waals surface area contributed by atoms with Crippen molar-refractivity contribution in [1.82, 2.24) is 0 Å². The van der Waals surface area contributed by atoms with Crippen LogP contribution in [0.4, 0.5) is 30.7 Å². The number of nitrogens with two attached hydrogens (primary N) is 1. The topological polar surface area (TPSA) is 43.1 Å². The SMILES string of the molecule is CC(C)CC(=O)CC(N)CC(F)(C(F)(F)F)C(F)(F)F. The Bertz CT molecular complexity index is 321. The first kappa shape index (κ1) is 19.1. The van der Waals surface area contributed by atoms with E-state index in [1.165, 1.54) is 0 Å². The van der Waals surface area contributed by atoms with Gasteiger partial charge in [-0.25, -0.2) is 4.39 Å². The van der Waals surface area contributed by atoms with Gasteiger partial charge in [-0.15, -0.1) is 0 Å². The van der Waals surface area contributed by atoms with E-state index in [0.29, 0.717) is 0 Å². The zero-order valence-corrected chi connectivity index (χ0v) is 10.9. The summed E-state index contributed by atoms with van der Waals surface area (Å²) in [6.45, 7) is 3.29. The molecule has 0 aliphatic carbocycles. The zero-order chi connectivity index (χ0) is 16.4. The Morgan fingerprint density at radius 3 is 1.65 bits per heavy atom. The molecule has 0 rings (SSSR count). The molecule has 0 aromatic carbocycles. The lowest BCUT2D eigenvalue weighted by molar-refractivity contribution is -0.344. The summed E-state index contributed by atoms with van der Waals surface area (Å²) in [6, 6.07) is -1.85. The van der Waals surface area contributed by atoms with Gasteiger partial charge < -0.3 is 5.73 Å². The van der Waals surface area contributed by atoms with Crippen LogP contribution in [0.5, 0.6) is 0 Å². The summed E-state index contributed by atoms with van der Waals surface area (Å²) in [5.41, 5.74) is -0.336. The lowest BCUT2D eigenvalue weighted by Crippen LogP contribution is -2.56. The molecular formula is C11H16F7NO. The van der Waals surface area contributed by atoms with Gasteiger partial charge in [0, 0.05) is 25.3 Å². The summed E-state index contributed by atoms with van der Waals surface area (Å²) in [4.78, 5) is 11.3. The largest absolute Gasteiger partial charge is 0.431 e. The minimum Gasteiger partial charge on any atom is -0.327 e. The molecule has 0 aliphatic heterocycles. The summed E-state index contributed by atoms with van der Waals surface area (Å²) >= 11 is 0. The zero-order valence-electron chi connectivity index (χ0n) is 10.9. The molecule has 0 saturated heterocycles. The van der Waals surface area contributed by atoms with Crippen LogP contribution in [-0.2, 0) is 4.79 Å². The van der Waals surface area contributed by atoms with Crippen molar-refractivity contribution in [3.63, 3.8) is 0 Å². The minimum atomic E-state index is -6.13. The number of carbonyl (C=O) groups is 1. The van der Waals surface area contributed by atoms with Gasteiger partial charge in [0.2, 0.25) is 0 Å². The van der Waals surface area contributed by atoms with E-state index in [9.17, 15) is 35.5 Å². The van der Waals surface area contributed by atoms with Gasteiger partial charge in [0.25, 0.3) is 0 Å². The highest BCUT2D eigenvalue weighted by atomic mass is 19.4. The van der Waals surface area contributed by atoms with Crippen molar-refractivity contribution in [2.24, 2.45) is 11.7 Å². The van der Waals surface area contributed by atoms with Gasteiger partial charge in [-0.1, -0.05) is 13.8 Å². The molecule has 0 saturated carbocycles. The molecule has 0 amide bonds. The molecule has 0 bridgehead atoms. The molecule has 2 nitrogen and oxygen atoms in total. The van der Waals surface area contributed by atoms with Crippen molar-refractivity contribution in [3.8, 4) is 0 Å². The highest BCUT2D eigenvalue weighted by Gasteiger charge is 2.72. The summed E-state index contributed by atoms with van der Waals surface area (Å²) in [6.07, 6.45) is -15.1. The van der Waals surface area contributed by atoms with Crippen LogP contribution >= 0.6 is 0 Å². The Labute approximate surface area is 111 Å². The fourth-order valence-corrected chi connectivity index (χ4v) is 1.66. The van der Waals surface area contributed by atoms with E-state index in [1.54, 1.807) is 13.8 Å². The first-order valence-corrected chi connectivity index (χ1v) is 5.80. The number of ketones is 1. The number of carbonyl (C=O) groups excluding carboxylic acids is 1. The van der Waals surface area contributed by atoms with Gasteiger partial charge in [-0.2, -0.15) is 26.3 Å². The second-order valence-corrected chi connectivity index (χ2v) is 5.10. The molecule has 120 valence electrons. The van der Waals surface area contributed by atoms with Crippen LogP contribution in [-0.4, -0.2) is 29.8 Å². The average molecular weight is 311 g/mol. The van der Waals surface area contributed by atoms with Gasteiger partial charge >= 0.3 is 18.0 Å². The highest BCUT2D eigenvalue weighted by molar-refractivity contribution is 5.79. The number of hydrogen-bond acceptors (Lipinski definition) is 2. The summed E-state index contributed by atoms with van der Waals surface area (Å²) in [5.74, 6) is -0.714. The quantitative estimate of drug-likeness (QED) is 0.762. The average Bonchev–Trinajstić information content (AvgIpc) is 2.11. The van der Waals surface area contributed by atoms with Crippen molar-refractivity contribution >= 4 is 5.78 Å². The van der Waals surface area contributed by atoms with Crippen LogP contribution < -0.4 is 5.73 Å². The lowest BCUT2D eigenvalue weighted by atomic mass is 9.91. The van der Waals surface area contributed by atoms with Gasteiger partial charge in [0.1, 0.15) is 5.78 Å². The van der Waals surface area contributed by atoms with Gasteiger partial charge in [-0.3, -0.25) is 4.79 Å². The molecule has 0 spiro atoms. The number of alkyl halides is 7. The third kappa shape index (κ3) is 4.92. The molecule has 9 heteroatoms. The fraction of sp³-hybridized carbons (Fsp3) is 0.909. The Hall–Kier alpha value is -0.860. The molecule has 1 unspecified atom stereocenters. The number of hydrogen-bond donors (Lipinski definition) is 1. The summed E-state index contributed by atoms with van der Waals surface area (Å²) in [5, 5.41) is 0. The maximum Gasteiger partial charge on any atom is 0.431 e. The molecule has 0 radical (unpaired) electrons. The molecule has 0 heterocycles. The molecule has 2 N–H and O–H groups in total. The molecule has 0 fully saturated rings. The van der Waals surface area contributed by atoms with Crippen molar-refractivity contribution in [1.29, 1.82) is 0 Å². The van der Waals surface area contributed by atoms with Crippen molar-refractivity contribution in [2.45, 2.75) is 57.2 Å². The maximum atomic E-state index is 13.3. The van der Waals surface area contributed by atoms with E-state index in [-0.39, 0.29) is 12.3 Å². The Morgan fingerprint density at radius 2 is 1.35 bits per heavy atom. The second kappa shape index (κ2) is 6.28. The smallest absolute Gasteiger partial charge is 0.327 e. The number of Topliss-reactive ketones (excluding diaryl/α,β-unsaturated/α-hetero) is 1. The molecular weight excluding hydrogens is 295 g/mol. The van der Waals surface area contributed by atoms with E-state index in [2.05, 4.69) is 0 Å². The first-order chi connectivity index (χ1) is 8.70. The monoisotopic (exact) mass is 311 g/mol. The van der Waals surface area contributed by atoms with E-state index in [0.717, 1.165) is 0 Å². The van der Waals surface area contributed by atoms with Crippen molar-refractivity contribution in [3.05, 3.63) is 0 Å². The summed E-state index contributed by atoms with van der Waals surface area (Å²) in [7, 11) is 0. The van der Waals surface area contributed by atoms with Crippen LogP contribution in [0.2, 0.25) is 0 Å². The number of halogens is 7. The molecule has 0 aromatic rings. The van der Waals surface area contributed by atoms with Gasteiger partial charge in [0.05, 0.1) is 0 Å². The van der Waals surface area contributed by atoms with Crippen LogP contribution in [0.25, 0.3) is 0 Å². The summed E-state index contributed by atoms with van der Waals surface area (Å²) < 4.78 is 87.0. The fourth-order valence-electron chi connectivity index (χ4n) is 1.66. The van der Waals surface area contributed by atoms with Crippen LogP contribution in [0, 0.1) is 5.92 Å². The van der Waals surface area contributed by atoms with Crippen LogP contribution in [0.3, 0.4) is 0 Å². The van der Waals surface area contributed by atoms with Gasteiger partial charge in [-0.05, 0) is 5.92 Å². The predicted octanol–water partition coefficient (Wildman–Crippen LogP) is 3.54. The third-order valence-electron chi connectivity index (χ3n) is 2.57. The molecule has 0 aromatic heterocycles. The van der Waals surface area contributed by atoms with E-state index in [1.807, 2.05) is 0 Å². The maximum absolute atomic E-state index is 13.3. The standard InChI is InChI=1S/C11H16F7NO/c1-6(2)3-8(20)4-7(19)5-9(12,10(13,14)15)11(16,17)18/h6-7H,3-5,19H2,1-2H3. The Balaban J connectivity index is 4.91. The van der Waals surface area contributed by atoms with Crippen molar-refractivity contribution in [2.75, 3.05) is 0 Å². The minimum absolute atomic E-state index is 0.0367. The normalized spacial score (nSPS) is 15.6. The third-order valence-corrected chi connectivity index (χ3v) is 2.57. The van der Waals surface area contributed by atoms with E-state index < -0.39 is 42.7 Å². The Morgan fingerprint density at radius 1 is 0.950 bits per heavy atom. The molecule has 0 aliphatic rings. The highest BCUT2D eigenvalue weighted by Crippen LogP contribution is 2.48. The van der Waals surface area contributed by atoms with E-state index >= 15 is 0 Å². The van der Waals surface area contributed by atoms with Crippen LogP contribution in [0.1, 0.15) is 33.1 Å². The van der Waals surface area contributed by atoms with Crippen LogP contribution in [0.15, 0.2) is 0 Å². The molecule has 1 atom stereocenters. The Kier molecular flexibility index (Phi) is 6.01. The van der Waals surface area contributed by atoms with Crippen molar-refractivity contribution < 1.29 is 35.5 Å². The predicted molar refractivity (Wildman–Crippen MR) is 57.6 cm³/mol. The van der Waals surface area contributed by atoms with E-state index in [4.69, 9.17) is 5.73 Å². The number of rotatable bonds is 6. The van der Waals surface area contributed by atoms with Gasteiger partial charge in [0.15, 0.2) is 0 Å². The second-order valence-electron chi connectivity index (χ2n) is 5.10.